The van der Waals surface area contributed by atoms with Crippen LogP contribution >= 0.6 is 11.6 Å². The van der Waals surface area contributed by atoms with Crippen LogP contribution in [0.25, 0.3) is 0 Å². The van der Waals surface area contributed by atoms with Gasteiger partial charge in [0.1, 0.15) is 5.75 Å². The SMILES string of the molecule is COC(=O)c1ccc(OCCCN(c2ccc(Cl)cc2)C(C)C)cc1. The number of methoxy groups -OCH3 is 1. The van der Waals surface area contributed by atoms with E-state index in [0.717, 1.165) is 29.4 Å². The summed E-state index contributed by atoms with van der Waals surface area (Å²) in [7, 11) is 1.37. The number of carbonyl (C=O) groups is 1. The third-order valence-electron chi connectivity index (χ3n) is 3.87. The molecule has 0 atom stereocenters. The fourth-order valence-corrected chi connectivity index (χ4v) is 2.67. The smallest absolute Gasteiger partial charge is 0.337 e. The fraction of sp³-hybridized carbons (Fsp3) is 0.350. The summed E-state index contributed by atoms with van der Waals surface area (Å²) in [5, 5.41) is 0.742. The average Bonchev–Trinajstić information content (AvgIpc) is 2.62. The molecule has 5 heteroatoms. The second kappa shape index (κ2) is 9.33. The summed E-state index contributed by atoms with van der Waals surface area (Å²) in [5.41, 5.74) is 1.67. The van der Waals surface area contributed by atoms with E-state index in [9.17, 15) is 4.79 Å². The number of halogens is 1. The monoisotopic (exact) mass is 361 g/mol. The van der Waals surface area contributed by atoms with E-state index in [2.05, 4.69) is 23.5 Å². The Balaban J connectivity index is 1.84. The molecule has 0 spiro atoms. The first kappa shape index (κ1) is 19.1. The third kappa shape index (κ3) is 5.68. The molecule has 0 aliphatic heterocycles. The van der Waals surface area contributed by atoms with E-state index < -0.39 is 0 Å². The first-order valence-electron chi connectivity index (χ1n) is 8.34. The van der Waals surface area contributed by atoms with E-state index in [0.29, 0.717) is 18.2 Å². The van der Waals surface area contributed by atoms with Gasteiger partial charge >= 0.3 is 5.97 Å². The van der Waals surface area contributed by atoms with Gasteiger partial charge in [-0.25, -0.2) is 4.79 Å². The van der Waals surface area contributed by atoms with Crippen LogP contribution in [0.3, 0.4) is 0 Å². The highest BCUT2D eigenvalue weighted by molar-refractivity contribution is 6.30. The summed E-state index contributed by atoms with van der Waals surface area (Å²) < 4.78 is 10.4. The molecular weight excluding hydrogens is 338 g/mol. The van der Waals surface area contributed by atoms with Crippen LogP contribution in [0.4, 0.5) is 5.69 Å². The first-order valence-corrected chi connectivity index (χ1v) is 8.72. The van der Waals surface area contributed by atoms with Crippen LogP contribution < -0.4 is 9.64 Å². The lowest BCUT2D eigenvalue weighted by atomic mass is 10.2. The highest BCUT2D eigenvalue weighted by Gasteiger charge is 2.10. The number of benzene rings is 2. The van der Waals surface area contributed by atoms with Gasteiger partial charge < -0.3 is 14.4 Å². The van der Waals surface area contributed by atoms with E-state index in [1.54, 1.807) is 24.3 Å². The maximum Gasteiger partial charge on any atom is 0.337 e. The molecule has 0 saturated heterocycles. The van der Waals surface area contributed by atoms with Crippen molar-refractivity contribution in [2.75, 3.05) is 25.2 Å². The van der Waals surface area contributed by atoms with Crippen molar-refractivity contribution >= 4 is 23.3 Å². The molecule has 0 saturated carbocycles. The summed E-state index contributed by atoms with van der Waals surface area (Å²) in [6.07, 6.45) is 0.888. The van der Waals surface area contributed by atoms with Gasteiger partial charge in [0.15, 0.2) is 0 Å². The predicted molar refractivity (Wildman–Crippen MR) is 102 cm³/mol. The van der Waals surface area contributed by atoms with Crippen LogP contribution in [-0.2, 0) is 4.74 Å². The van der Waals surface area contributed by atoms with Gasteiger partial charge in [-0.3, -0.25) is 0 Å². The second-order valence-corrected chi connectivity index (χ2v) is 6.42. The summed E-state index contributed by atoms with van der Waals surface area (Å²) in [5.74, 6) is 0.400. The Kier molecular flexibility index (Phi) is 7.14. The molecule has 2 aromatic rings. The van der Waals surface area contributed by atoms with Crippen LogP contribution in [0.2, 0.25) is 5.02 Å². The van der Waals surface area contributed by atoms with Crippen molar-refractivity contribution in [2.45, 2.75) is 26.3 Å². The van der Waals surface area contributed by atoms with Gasteiger partial charge in [0.05, 0.1) is 19.3 Å². The van der Waals surface area contributed by atoms with Crippen molar-refractivity contribution < 1.29 is 14.3 Å². The Morgan fingerprint density at radius 2 is 1.72 bits per heavy atom. The van der Waals surface area contributed by atoms with Crippen molar-refractivity contribution in [1.29, 1.82) is 0 Å². The number of esters is 1. The molecule has 0 radical (unpaired) electrons. The second-order valence-electron chi connectivity index (χ2n) is 5.98. The van der Waals surface area contributed by atoms with Crippen LogP contribution in [0.5, 0.6) is 5.75 Å². The first-order chi connectivity index (χ1) is 12.0. The highest BCUT2D eigenvalue weighted by Crippen LogP contribution is 2.20. The summed E-state index contributed by atoms with van der Waals surface area (Å²) in [6.45, 7) is 5.83. The number of rotatable bonds is 8. The highest BCUT2D eigenvalue weighted by atomic mass is 35.5. The molecule has 0 amide bonds. The number of nitrogens with zero attached hydrogens (tertiary/aromatic N) is 1. The van der Waals surface area contributed by atoms with E-state index in [-0.39, 0.29) is 5.97 Å². The Hall–Kier alpha value is -2.20. The Labute approximate surface area is 154 Å². The maximum absolute atomic E-state index is 11.4. The van der Waals surface area contributed by atoms with E-state index in [1.165, 1.54) is 7.11 Å². The lowest BCUT2D eigenvalue weighted by Gasteiger charge is -2.29. The topological polar surface area (TPSA) is 38.8 Å². The van der Waals surface area contributed by atoms with Crippen LogP contribution in [0.1, 0.15) is 30.6 Å². The van der Waals surface area contributed by atoms with Crippen LogP contribution in [-0.4, -0.2) is 32.3 Å². The summed E-state index contributed by atoms with van der Waals surface area (Å²) in [4.78, 5) is 13.7. The predicted octanol–water partition coefficient (Wildman–Crippen LogP) is 4.81. The summed E-state index contributed by atoms with van der Waals surface area (Å²) in [6, 6.07) is 15.3. The van der Waals surface area contributed by atoms with Gasteiger partial charge in [-0.15, -0.1) is 0 Å². The van der Waals surface area contributed by atoms with Crippen molar-refractivity contribution in [3.8, 4) is 5.75 Å². The average molecular weight is 362 g/mol. The largest absolute Gasteiger partial charge is 0.494 e. The zero-order chi connectivity index (χ0) is 18.2. The zero-order valence-corrected chi connectivity index (χ0v) is 15.6. The number of ether oxygens (including phenoxy) is 2. The van der Waals surface area contributed by atoms with Crippen molar-refractivity contribution in [3.05, 3.63) is 59.1 Å². The molecule has 25 heavy (non-hydrogen) atoms. The van der Waals surface area contributed by atoms with Gasteiger partial charge in [0.2, 0.25) is 0 Å². The number of hydrogen-bond acceptors (Lipinski definition) is 4. The Morgan fingerprint density at radius 3 is 2.28 bits per heavy atom. The van der Waals surface area contributed by atoms with Crippen molar-refractivity contribution in [3.63, 3.8) is 0 Å². The van der Waals surface area contributed by atoms with Gasteiger partial charge in [0, 0.05) is 23.3 Å². The summed E-state index contributed by atoms with van der Waals surface area (Å²) >= 11 is 5.96. The molecule has 0 aliphatic carbocycles. The minimum Gasteiger partial charge on any atom is -0.494 e. The quantitative estimate of drug-likeness (QED) is 0.499. The van der Waals surface area contributed by atoms with Gasteiger partial charge in [-0.1, -0.05) is 11.6 Å². The molecule has 2 aromatic carbocycles. The van der Waals surface area contributed by atoms with Gasteiger partial charge in [-0.2, -0.15) is 0 Å². The van der Waals surface area contributed by atoms with E-state index in [4.69, 9.17) is 16.3 Å². The minimum absolute atomic E-state index is 0.345. The third-order valence-corrected chi connectivity index (χ3v) is 4.12. The van der Waals surface area contributed by atoms with Crippen LogP contribution in [0.15, 0.2) is 48.5 Å². The molecule has 0 unspecified atom stereocenters. The Bertz CT molecular complexity index is 668. The number of hydrogen-bond donors (Lipinski definition) is 0. The number of anilines is 1. The molecule has 0 aliphatic rings. The normalized spacial score (nSPS) is 10.6. The lowest BCUT2D eigenvalue weighted by molar-refractivity contribution is 0.0600. The molecular formula is C20H24ClNO3. The van der Waals surface area contributed by atoms with E-state index in [1.807, 2.05) is 24.3 Å². The van der Waals surface area contributed by atoms with Crippen molar-refractivity contribution in [2.24, 2.45) is 0 Å². The molecule has 134 valence electrons. The molecule has 0 fully saturated rings. The van der Waals surface area contributed by atoms with Crippen molar-refractivity contribution in [1.82, 2.24) is 0 Å². The molecule has 0 heterocycles. The Morgan fingerprint density at radius 1 is 1.08 bits per heavy atom. The van der Waals surface area contributed by atoms with Gasteiger partial charge in [-0.05, 0) is 68.8 Å². The molecule has 0 bridgehead atoms. The number of carbonyl (C=O) groups excluding carboxylic acids is 1. The van der Waals surface area contributed by atoms with Crippen LogP contribution in [0, 0.1) is 0 Å². The lowest BCUT2D eigenvalue weighted by Crippen LogP contribution is -2.32. The standard InChI is InChI=1S/C20H24ClNO3/c1-15(2)22(18-9-7-17(21)8-10-18)13-4-14-25-19-11-5-16(6-12-19)20(23)24-3/h5-12,15H,4,13-14H2,1-3H3. The molecule has 4 nitrogen and oxygen atoms in total. The zero-order valence-electron chi connectivity index (χ0n) is 14.9. The molecule has 0 N–H and O–H groups in total. The molecule has 0 aromatic heterocycles. The minimum atomic E-state index is -0.345. The van der Waals surface area contributed by atoms with Gasteiger partial charge in [0.25, 0.3) is 0 Å². The van der Waals surface area contributed by atoms with E-state index >= 15 is 0 Å². The fourth-order valence-electron chi connectivity index (χ4n) is 2.55. The molecule has 2 rings (SSSR count). The maximum atomic E-state index is 11.4.